The van der Waals surface area contributed by atoms with E-state index in [1.54, 1.807) is 0 Å². The number of nitrogens with zero attached hydrogens (tertiary/aromatic N) is 2. The molecule has 0 aromatic rings. The zero-order valence-electron chi connectivity index (χ0n) is 10.0. The molecule has 0 N–H and O–H groups in total. The van der Waals surface area contributed by atoms with Crippen molar-refractivity contribution in [3.63, 3.8) is 0 Å². The molecule has 0 aromatic carbocycles. The van der Waals surface area contributed by atoms with E-state index in [0.29, 0.717) is 0 Å². The Morgan fingerprint density at radius 3 is 2.75 bits per heavy atom. The molecule has 0 bridgehead atoms. The summed E-state index contributed by atoms with van der Waals surface area (Å²) < 4.78 is 0. The van der Waals surface area contributed by atoms with Crippen molar-refractivity contribution in [2.45, 2.75) is 45.4 Å². The smallest absolute Gasteiger partial charge is 0.243 e. The van der Waals surface area contributed by atoms with Crippen molar-refractivity contribution in [3.8, 4) is 6.07 Å². The van der Waals surface area contributed by atoms with Crippen molar-refractivity contribution in [1.29, 1.82) is 5.26 Å². The Kier molecular flexibility index (Phi) is 3.18. The minimum absolute atomic E-state index is 0.103. The Labute approximate surface area is 97.4 Å². The number of likely N-dealkylation sites (tertiary alicyclic amines) is 1. The van der Waals surface area contributed by atoms with Gasteiger partial charge >= 0.3 is 0 Å². The van der Waals surface area contributed by atoms with Crippen LogP contribution in [-0.4, -0.2) is 23.9 Å². The lowest BCUT2D eigenvalue weighted by Gasteiger charge is -2.22. The lowest BCUT2D eigenvalue weighted by Crippen LogP contribution is -2.37. The Morgan fingerprint density at radius 2 is 2.19 bits per heavy atom. The van der Waals surface area contributed by atoms with Crippen LogP contribution in [0.25, 0.3) is 0 Å². The quantitative estimate of drug-likeness (QED) is 0.717. The second-order valence-electron chi connectivity index (χ2n) is 5.19. The van der Waals surface area contributed by atoms with Gasteiger partial charge in [-0.05, 0) is 38.0 Å². The van der Waals surface area contributed by atoms with Gasteiger partial charge in [0.05, 0.1) is 6.07 Å². The molecule has 2 fully saturated rings. The summed E-state index contributed by atoms with van der Waals surface area (Å²) in [5, 5.41) is 9.03. The number of amides is 1. The summed E-state index contributed by atoms with van der Waals surface area (Å²) >= 11 is 0. The molecule has 1 saturated carbocycles. The van der Waals surface area contributed by atoms with Crippen molar-refractivity contribution >= 4 is 5.91 Å². The van der Waals surface area contributed by atoms with Gasteiger partial charge in [0, 0.05) is 13.1 Å². The first-order chi connectivity index (χ1) is 7.72. The predicted molar refractivity (Wildman–Crippen MR) is 61.5 cm³/mol. The maximum absolute atomic E-state index is 12.2. The minimum atomic E-state index is -0.619. The molecule has 1 unspecified atom stereocenters. The largest absolute Gasteiger partial charge is 0.341 e. The molecular formula is C13H20N2O. The molecule has 1 heterocycles. The number of hydrogen-bond donors (Lipinski definition) is 0. The molecule has 16 heavy (non-hydrogen) atoms. The van der Waals surface area contributed by atoms with Crippen LogP contribution in [-0.2, 0) is 4.79 Å². The number of carbonyl (C=O) groups excluding carboxylic acids is 1. The third-order valence-electron chi connectivity index (χ3n) is 4.09. The van der Waals surface area contributed by atoms with Crippen LogP contribution in [0.3, 0.4) is 0 Å². The summed E-state index contributed by atoms with van der Waals surface area (Å²) in [6.07, 6.45) is 6.22. The van der Waals surface area contributed by atoms with Gasteiger partial charge < -0.3 is 4.90 Å². The number of nitriles is 1. The lowest BCUT2D eigenvalue weighted by molar-refractivity contribution is -0.134. The van der Waals surface area contributed by atoms with Crippen LogP contribution >= 0.6 is 0 Å². The van der Waals surface area contributed by atoms with E-state index in [4.69, 9.17) is 5.26 Å². The van der Waals surface area contributed by atoms with Gasteiger partial charge in [-0.1, -0.05) is 13.3 Å². The molecule has 1 aliphatic heterocycles. The summed E-state index contributed by atoms with van der Waals surface area (Å²) in [4.78, 5) is 14.1. The molecular weight excluding hydrogens is 200 g/mol. The fourth-order valence-electron chi connectivity index (χ4n) is 2.58. The van der Waals surface area contributed by atoms with Crippen molar-refractivity contribution < 1.29 is 4.79 Å². The molecule has 0 aromatic heterocycles. The molecule has 1 amide bonds. The Hall–Kier alpha value is -1.04. The van der Waals surface area contributed by atoms with Crippen molar-refractivity contribution in [3.05, 3.63) is 0 Å². The molecule has 1 saturated heterocycles. The summed E-state index contributed by atoms with van der Waals surface area (Å²) in [6, 6.07) is 2.20. The third-order valence-corrected chi connectivity index (χ3v) is 4.09. The van der Waals surface area contributed by atoms with Crippen molar-refractivity contribution in [2.75, 3.05) is 13.1 Å². The van der Waals surface area contributed by atoms with Gasteiger partial charge in [-0.2, -0.15) is 5.26 Å². The van der Waals surface area contributed by atoms with Crippen LogP contribution in [0, 0.1) is 22.7 Å². The van der Waals surface area contributed by atoms with E-state index >= 15 is 0 Å². The van der Waals surface area contributed by atoms with Gasteiger partial charge in [-0.15, -0.1) is 0 Å². The van der Waals surface area contributed by atoms with Gasteiger partial charge in [-0.25, -0.2) is 0 Å². The zero-order valence-corrected chi connectivity index (χ0v) is 10.0. The first-order valence-corrected chi connectivity index (χ1v) is 6.42. The number of hydrogen-bond acceptors (Lipinski definition) is 2. The van der Waals surface area contributed by atoms with Gasteiger partial charge in [0.1, 0.15) is 5.41 Å². The molecule has 3 nitrogen and oxygen atoms in total. The summed E-state index contributed by atoms with van der Waals surface area (Å²) in [5.74, 6) is 0.877. The molecule has 2 rings (SSSR count). The highest BCUT2D eigenvalue weighted by atomic mass is 16.2. The Bertz CT molecular complexity index is 314. The predicted octanol–water partition coefficient (Wildman–Crippen LogP) is 2.33. The molecule has 0 radical (unpaired) electrons. The fourth-order valence-corrected chi connectivity index (χ4v) is 2.58. The fraction of sp³-hybridized carbons (Fsp3) is 0.846. The SMILES string of the molecule is CCC1CCCN(C(=O)C2(C#N)CC2)CC1. The maximum Gasteiger partial charge on any atom is 0.243 e. The first kappa shape index (κ1) is 11.4. The van der Waals surface area contributed by atoms with Gasteiger partial charge in [-0.3, -0.25) is 4.79 Å². The van der Waals surface area contributed by atoms with E-state index in [1.807, 2.05) is 4.90 Å². The van der Waals surface area contributed by atoms with E-state index in [2.05, 4.69) is 13.0 Å². The van der Waals surface area contributed by atoms with E-state index in [-0.39, 0.29) is 5.91 Å². The topological polar surface area (TPSA) is 44.1 Å². The second-order valence-corrected chi connectivity index (χ2v) is 5.19. The highest BCUT2D eigenvalue weighted by Crippen LogP contribution is 2.46. The Balaban J connectivity index is 1.95. The molecule has 1 atom stereocenters. The van der Waals surface area contributed by atoms with Gasteiger partial charge in [0.15, 0.2) is 0 Å². The van der Waals surface area contributed by atoms with Crippen molar-refractivity contribution in [1.82, 2.24) is 4.90 Å². The van der Waals surface area contributed by atoms with E-state index < -0.39 is 5.41 Å². The average Bonchev–Trinajstić information content (AvgIpc) is 3.12. The second kappa shape index (κ2) is 4.45. The van der Waals surface area contributed by atoms with Crippen LogP contribution in [0.15, 0.2) is 0 Å². The van der Waals surface area contributed by atoms with Gasteiger partial charge in [0.2, 0.25) is 5.91 Å². The molecule has 3 heteroatoms. The van der Waals surface area contributed by atoms with Crippen LogP contribution in [0.2, 0.25) is 0 Å². The third kappa shape index (κ3) is 2.07. The molecule has 2 aliphatic rings. The summed E-state index contributed by atoms with van der Waals surface area (Å²) in [6.45, 7) is 3.94. The lowest BCUT2D eigenvalue weighted by atomic mass is 9.98. The normalized spacial score (nSPS) is 28.0. The van der Waals surface area contributed by atoms with E-state index in [9.17, 15) is 4.79 Å². The number of rotatable bonds is 2. The maximum atomic E-state index is 12.2. The molecule has 1 aliphatic carbocycles. The van der Waals surface area contributed by atoms with Crippen molar-refractivity contribution in [2.24, 2.45) is 11.3 Å². The van der Waals surface area contributed by atoms with E-state index in [0.717, 1.165) is 44.7 Å². The standard InChI is InChI=1S/C13H20N2O/c1-2-11-4-3-8-15(9-5-11)12(16)13(10-14)6-7-13/h11H,2-9H2,1H3. The van der Waals surface area contributed by atoms with Crippen LogP contribution in [0.1, 0.15) is 45.4 Å². The highest BCUT2D eigenvalue weighted by Gasteiger charge is 2.52. The minimum Gasteiger partial charge on any atom is -0.341 e. The monoisotopic (exact) mass is 220 g/mol. The summed E-state index contributed by atoms with van der Waals surface area (Å²) in [5.41, 5.74) is -0.619. The van der Waals surface area contributed by atoms with E-state index in [1.165, 1.54) is 12.8 Å². The number of carbonyl (C=O) groups is 1. The highest BCUT2D eigenvalue weighted by molar-refractivity contribution is 5.88. The average molecular weight is 220 g/mol. The Morgan fingerprint density at radius 1 is 1.44 bits per heavy atom. The summed E-state index contributed by atoms with van der Waals surface area (Å²) in [7, 11) is 0. The molecule has 88 valence electrons. The van der Waals surface area contributed by atoms with Crippen LogP contribution < -0.4 is 0 Å². The zero-order chi connectivity index (χ0) is 11.6. The van der Waals surface area contributed by atoms with Gasteiger partial charge in [0.25, 0.3) is 0 Å². The molecule has 0 spiro atoms. The van der Waals surface area contributed by atoms with Crippen LogP contribution in [0.5, 0.6) is 0 Å². The van der Waals surface area contributed by atoms with Crippen LogP contribution in [0.4, 0.5) is 0 Å². The first-order valence-electron chi connectivity index (χ1n) is 6.42.